The third-order valence-electron chi connectivity index (χ3n) is 5.02. The number of rotatable bonds is 5. The van der Waals surface area contributed by atoms with Crippen molar-refractivity contribution in [3.8, 4) is 0 Å². The first-order chi connectivity index (χ1) is 14.6. The van der Waals surface area contributed by atoms with E-state index in [-0.39, 0.29) is 0 Å². The van der Waals surface area contributed by atoms with Crippen LogP contribution in [0.4, 0.5) is 6.18 Å². The van der Waals surface area contributed by atoms with Crippen molar-refractivity contribution in [2.24, 2.45) is 0 Å². The summed E-state index contributed by atoms with van der Waals surface area (Å²) in [6, 6.07) is 21.7. The fourth-order valence-corrected chi connectivity index (χ4v) is 4.71. The molecule has 3 aromatic rings. The van der Waals surface area contributed by atoms with E-state index >= 15 is 0 Å². The fraction of sp³-hybridized carbons (Fsp3) is 0.269. The van der Waals surface area contributed by atoms with Crippen molar-refractivity contribution in [1.82, 2.24) is 0 Å². The molecule has 0 fully saturated rings. The van der Waals surface area contributed by atoms with Gasteiger partial charge in [-0.15, -0.1) is 67.8 Å². The zero-order chi connectivity index (χ0) is 21.8. The first kappa shape index (κ1) is 24.8. The molecular weight excluding hydrogens is 429 g/mol. The van der Waals surface area contributed by atoms with E-state index in [0.29, 0.717) is 0 Å². The predicted octanol–water partition coefficient (Wildman–Crippen LogP) is 7.59. The van der Waals surface area contributed by atoms with Crippen molar-refractivity contribution in [3.05, 3.63) is 89.5 Å². The van der Waals surface area contributed by atoms with E-state index in [9.17, 15) is 6.18 Å². The SMILES string of the molecule is CCCCC1=[C-]CC=C1C.Cc1[cH-]c2ccccc2c1Pc1ccccc1.[F][Ti][F]. The van der Waals surface area contributed by atoms with Crippen molar-refractivity contribution >= 4 is 30.0 Å². The van der Waals surface area contributed by atoms with Crippen LogP contribution in [0.5, 0.6) is 0 Å². The summed E-state index contributed by atoms with van der Waals surface area (Å²) in [6.07, 6.45) is 10.5. The minimum atomic E-state index is -2.50. The normalized spacial score (nSPS) is 12.7. The second kappa shape index (κ2) is 13.8. The molecule has 4 heteroatoms. The van der Waals surface area contributed by atoms with Gasteiger partial charge in [0.2, 0.25) is 0 Å². The molecule has 30 heavy (non-hydrogen) atoms. The molecule has 3 aromatic carbocycles. The molecule has 0 aliphatic heterocycles. The molecule has 0 spiro atoms. The molecule has 158 valence electrons. The Bertz CT molecular complexity index is 958. The number of unbranched alkanes of at least 4 members (excludes halogenated alkanes) is 1. The van der Waals surface area contributed by atoms with Gasteiger partial charge in [0.05, 0.1) is 0 Å². The van der Waals surface area contributed by atoms with Crippen LogP contribution in [0.15, 0.2) is 77.9 Å². The summed E-state index contributed by atoms with van der Waals surface area (Å²) in [4.78, 5) is 0. The Hall–Kier alpha value is -1.47. The van der Waals surface area contributed by atoms with E-state index in [1.54, 1.807) is 0 Å². The van der Waals surface area contributed by atoms with Crippen LogP contribution in [0.2, 0.25) is 0 Å². The van der Waals surface area contributed by atoms with Crippen molar-refractivity contribution in [2.45, 2.75) is 46.5 Å². The van der Waals surface area contributed by atoms with E-state index in [1.165, 1.54) is 57.4 Å². The molecular formula is C26H29F2PTi-2. The number of fused-ring (bicyclic) bond motifs is 1. The van der Waals surface area contributed by atoms with Crippen LogP contribution in [-0.2, 0) is 20.2 Å². The van der Waals surface area contributed by atoms with E-state index < -0.39 is 20.2 Å². The molecule has 1 unspecified atom stereocenters. The maximum atomic E-state index is 9.75. The van der Waals surface area contributed by atoms with Crippen molar-refractivity contribution in [3.63, 3.8) is 0 Å². The summed E-state index contributed by atoms with van der Waals surface area (Å²) in [5.41, 5.74) is 4.32. The maximum absolute atomic E-state index is 9.75. The van der Waals surface area contributed by atoms with E-state index in [4.69, 9.17) is 0 Å². The zero-order valence-electron chi connectivity index (χ0n) is 17.9. The summed E-state index contributed by atoms with van der Waals surface area (Å²) < 4.78 is 19.5. The van der Waals surface area contributed by atoms with Gasteiger partial charge in [-0.2, -0.15) is 6.08 Å². The predicted molar refractivity (Wildman–Crippen MR) is 125 cm³/mol. The molecule has 0 heterocycles. The Morgan fingerprint density at radius 1 is 1.03 bits per heavy atom. The quantitative estimate of drug-likeness (QED) is 0.210. The van der Waals surface area contributed by atoms with Crippen LogP contribution in [0.1, 0.15) is 45.1 Å². The van der Waals surface area contributed by atoms with Gasteiger partial charge in [0.25, 0.3) is 0 Å². The zero-order valence-corrected chi connectivity index (χ0v) is 20.5. The molecule has 0 bridgehead atoms. The molecule has 1 aliphatic rings. The number of halogens is 2. The van der Waals surface area contributed by atoms with Gasteiger partial charge in [0, 0.05) is 0 Å². The summed E-state index contributed by atoms with van der Waals surface area (Å²) in [7, 11) is 0.754. The monoisotopic (exact) mass is 458 g/mol. The van der Waals surface area contributed by atoms with Gasteiger partial charge in [-0.1, -0.05) is 69.5 Å². The Kier molecular flexibility index (Phi) is 11.4. The van der Waals surface area contributed by atoms with Gasteiger partial charge in [-0.25, -0.2) is 11.1 Å². The van der Waals surface area contributed by atoms with Crippen LogP contribution in [0, 0.1) is 13.0 Å². The van der Waals surface area contributed by atoms with Crippen molar-refractivity contribution < 1.29 is 26.4 Å². The van der Waals surface area contributed by atoms with Crippen molar-refractivity contribution in [1.29, 1.82) is 0 Å². The van der Waals surface area contributed by atoms with Gasteiger partial charge in [-0.05, 0) is 5.30 Å². The first-order valence-electron chi connectivity index (χ1n) is 10.3. The Morgan fingerprint density at radius 3 is 2.33 bits per heavy atom. The Labute approximate surface area is 191 Å². The summed E-state index contributed by atoms with van der Waals surface area (Å²) in [5, 5.41) is 5.68. The number of hydrogen-bond donors (Lipinski definition) is 0. The Morgan fingerprint density at radius 2 is 1.70 bits per heavy atom. The van der Waals surface area contributed by atoms with Crippen LogP contribution in [0.25, 0.3) is 10.8 Å². The second-order valence-electron chi connectivity index (χ2n) is 7.20. The van der Waals surface area contributed by atoms with Gasteiger partial charge < -0.3 is 0 Å². The van der Waals surface area contributed by atoms with Gasteiger partial charge in [0.15, 0.2) is 0 Å². The molecule has 0 amide bonds. The number of benzene rings is 2. The van der Waals surface area contributed by atoms with Gasteiger partial charge in [0.1, 0.15) is 0 Å². The standard InChI is InChI=1S/C16H14P.C10H15.2FH.Ti/c1-12-11-13-7-5-6-10-15(13)16(12)17-14-8-3-2-4-9-14;1-3-4-7-10-8-5-6-9(10)2;;;/h2-11,17H,1H3;6H,3-5,7H2,1-2H3;2*1H;/q2*-1;;;+2/p-2. The minimum absolute atomic E-state index is 0.754. The van der Waals surface area contributed by atoms with Crippen LogP contribution < -0.4 is 10.6 Å². The average molecular weight is 458 g/mol. The number of hydrogen-bond acceptors (Lipinski definition) is 0. The van der Waals surface area contributed by atoms with Crippen LogP contribution in [-0.4, -0.2) is 0 Å². The molecule has 4 rings (SSSR count). The summed E-state index contributed by atoms with van der Waals surface area (Å²) in [6.45, 7) is 6.63. The van der Waals surface area contributed by atoms with E-state index in [1.807, 2.05) is 0 Å². The van der Waals surface area contributed by atoms with Crippen LogP contribution in [0.3, 0.4) is 0 Å². The molecule has 0 saturated carbocycles. The summed E-state index contributed by atoms with van der Waals surface area (Å²) >= 11 is -2.50. The van der Waals surface area contributed by atoms with Gasteiger partial charge >= 0.3 is 26.4 Å². The third kappa shape index (κ3) is 7.66. The summed E-state index contributed by atoms with van der Waals surface area (Å²) in [5.74, 6) is 0. The fourth-order valence-electron chi connectivity index (χ4n) is 3.43. The molecule has 1 atom stereocenters. The topological polar surface area (TPSA) is 0 Å². The molecule has 0 radical (unpaired) electrons. The number of aryl methyl sites for hydroxylation is 1. The first-order valence-corrected chi connectivity index (χ1v) is 12.5. The third-order valence-corrected chi connectivity index (χ3v) is 6.56. The molecule has 0 aromatic heterocycles. The number of allylic oxidation sites excluding steroid dienone is 4. The van der Waals surface area contributed by atoms with Gasteiger partial charge in [-0.3, -0.25) is 6.08 Å². The van der Waals surface area contributed by atoms with E-state index in [0.717, 1.165) is 15.0 Å². The van der Waals surface area contributed by atoms with E-state index in [2.05, 4.69) is 93.6 Å². The molecule has 1 aliphatic carbocycles. The van der Waals surface area contributed by atoms with Crippen LogP contribution >= 0.6 is 8.58 Å². The molecule has 0 N–H and O–H groups in total. The second-order valence-corrected chi connectivity index (χ2v) is 8.75. The molecule has 0 saturated heterocycles. The van der Waals surface area contributed by atoms with Crippen molar-refractivity contribution in [2.75, 3.05) is 0 Å². The average Bonchev–Trinajstić information content (AvgIpc) is 3.31. The Balaban J connectivity index is 0.000000210. The molecule has 0 nitrogen and oxygen atoms in total.